The molecule has 82 valence electrons. The molecule has 0 amide bonds. The molecule has 0 saturated heterocycles. The predicted octanol–water partition coefficient (Wildman–Crippen LogP) is 3.88. The van der Waals surface area contributed by atoms with Gasteiger partial charge >= 0.3 is 39.0 Å². The van der Waals surface area contributed by atoms with Crippen LogP contribution in [0.25, 0.3) is 0 Å². The summed E-state index contributed by atoms with van der Waals surface area (Å²) in [5.74, 6) is 0. The van der Waals surface area contributed by atoms with Crippen LogP contribution in [-0.4, -0.2) is 0 Å². The number of hydrogen-bond donors (Lipinski definition) is 0. The first-order valence-corrected chi connectivity index (χ1v) is 4.47. The molecule has 2 radical (unpaired) electrons. The topological polar surface area (TPSA) is 0 Å². The standard InChI is InChI=1S/C12H18.2Ru/c1-3-5-7-9-11-12-10-8-6-4-2;;/h3-7,9H,1-2,8,10-12H2;;/q-2;2*+1/b5-3+,6-4+,9-7+;;. The molecule has 0 unspecified atom stereocenters. The van der Waals surface area contributed by atoms with E-state index in [-0.39, 0.29) is 39.0 Å². The molecule has 0 spiro atoms. The van der Waals surface area contributed by atoms with Crippen molar-refractivity contribution in [3.05, 3.63) is 50.3 Å². The van der Waals surface area contributed by atoms with Crippen molar-refractivity contribution in [2.24, 2.45) is 0 Å². The van der Waals surface area contributed by atoms with E-state index in [0.29, 0.717) is 0 Å². The number of unbranched alkanes of at least 4 members (excludes halogenated alkanes) is 3. The van der Waals surface area contributed by atoms with Crippen LogP contribution in [0.3, 0.4) is 0 Å². The molecule has 0 heterocycles. The van der Waals surface area contributed by atoms with Crippen molar-refractivity contribution in [2.45, 2.75) is 25.7 Å². The van der Waals surface area contributed by atoms with E-state index in [1.807, 2.05) is 18.2 Å². The fourth-order valence-corrected chi connectivity index (χ4v) is 0.896. The molecule has 0 aliphatic carbocycles. The van der Waals surface area contributed by atoms with Crippen LogP contribution in [-0.2, 0) is 39.0 Å². The Bertz CT molecular complexity index is 158. The summed E-state index contributed by atoms with van der Waals surface area (Å²) < 4.78 is 0. The molecule has 0 aliphatic heterocycles. The van der Waals surface area contributed by atoms with Gasteiger partial charge in [-0.05, 0) is 6.42 Å². The largest absolute Gasteiger partial charge is 1.00 e. The van der Waals surface area contributed by atoms with Gasteiger partial charge in [0.15, 0.2) is 0 Å². The summed E-state index contributed by atoms with van der Waals surface area (Å²) in [7, 11) is 0. The maximum absolute atomic E-state index is 3.63. The van der Waals surface area contributed by atoms with E-state index in [9.17, 15) is 0 Å². The maximum Gasteiger partial charge on any atom is 1.00 e. The van der Waals surface area contributed by atoms with Gasteiger partial charge < -0.3 is 0 Å². The third-order valence-electron chi connectivity index (χ3n) is 1.54. The third kappa shape index (κ3) is 18.1. The van der Waals surface area contributed by atoms with Gasteiger partial charge in [-0.25, -0.2) is 38.2 Å². The Hall–Kier alpha value is 0.207. The Labute approximate surface area is 114 Å². The monoisotopic (exact) mass is 366 g/mol. The van der Waals surface area contributed by atoms with Gasteiger partial charge in [0.2, 0.25) is 0 Å². The maximum atomic E-state index is 3.63. The fraction of sp³-hybridized carbons (Fsp3) is 0.333. The van der Waals surface area contributed by atoms with Crippen molar-refractivity contribution < 1.29 is 39.0 Å². The van der Waals surface area contributed by atoms with Gasteiger partial charge in [-0.2, -0.15) is 0 Å². The Morgan fingerprint density at radius 2 is 1.29 bits per heavy atom. The summed E-state index contributed by atoms with van der Waals surface area (Å²) in [6.45, 7) is 7.23. The van der Waals surface area contributed by atoms with Gasteiger partial charge in [-0.15, -0.1) is 18.6 Å². The van der Waals surface area contributed by atoms with E-state index in [1.165, 1.54) is 12.8 Å². The minimum atomic E-state index is 0. The Kier molecular flexibility index (Phi) is 26.6. The van der Waals surface area contributed by atoms with Crippen LogP contribution in [0.15, 0.2) is 36.5 Å². The van der Waals surface area contributed by atoms with Gasteiger partial charge in [0, 0.05) is 0 Å². The molecule has 0 nitrogen and oxygen atoms in total. The van der Waals surface area contributed by atoms with E-state index in [0.717, 1.165) is 12.8 Å². The first kappa shape index (κ1) is 19.7. The summed E-state index contributed by atoms with van der Waals surface area (Å²) in [5, 5.41) is 0. The van der Waals surface area contributed by atoms with Gasteiger partial charge in [0.05, 0.1) is 0 Å². The first-order valence-electron chi connectivity index (χ1n) is 4.47. The molecule has 0 aliphatic rings. The molecule has 14 heavy (non-hydrogen) atoms. The zero-order valence-corrected chi connectivity index (χ0v) is 11.9. The molecule has 0 fully saturated rings. The predicted molar refractivity (Wildman–Crippen MR) is 56.6 cm³/mol. The van der Waals surface area contributed by atoms with Crippen molar-refractivity contribution >= 4 is 0 Å². The van der Waals surface area contributed by atoms with E-state index in [4.69, 9.17) is 0 Å². The number of hydrogen-bond acceptors (Lipinski definition) is 0. The van der Waals surface area contributed by atoms with Crippen molar-refractivity contribution in [1.29, 1.82) is 0 Å². The van der Waals surface area contributed by atoms with Crippen molar-refractivity contribution in [3.63, 3.8) is 0 Å². The molecule has 0 aromatic carbocycles. The average Bonchev–Trinajstić information content (AvgIpc) is 2.10. The zero-order valence-electron chi connectivity index (χ0n) is 8.41. The molecule has 0 saturated carbocycles. The van der Waals surface area contributed by atoms with Crippen LogP contribution in [0.2, 0.25) is 0 Å². The van der Waals surface area contributed by atoms with Gasteiger partial charge in [-0.3, -0.25) is 0 Å². The molecule has 0 bridgehead atoms. The van der Waals surface area contributed by atoms with Crippen LogP contribution < -0.4 is 0 Å². The molecular formula is C12H18Ru2. The summed E-state index contributed by atoms with van der Waals surface area (Å²) in [6.07, 6.45) is 16.8. The quantitative estimate of drug-likeness (QED) is 0.290. The smallest absolute Gasteiger partial charge is 0.245 e. The van der Waals surface area contributed by atoms with Crippen LogP contribution in [0.1, 0.15) is 25.7 Å². The SMILES string of the molecule is [CH2-]/C=C/C=C/CCCC/C=C/[CH2-].[Ru+].[Ru+]. The first-order chi connectivity index (χ1) is 5.91. The van der Waals surface area contributed by atoms with Crippen molar-refractivity contribution in [2.75, 3.05) is 0 Å². The van der Waals surface area contributed by atoms with Crippen molar-refractivity contribution in [3.8, 4) is 0 Å². The van der Waals surface area contributed by atoms with Crippen molar-refractivity contribution in [1.82, 2.24) is 0 Å². The molecule has 0 atom stereocenters. The second-order valence-corrected chi connectivity index (χ2v) is 2.61. The summed E-state index contributed by atoms with van der Waals surface area (Å²) >= 11 is 0. The summed E-state index contributed by atoms with van der Waals surface area (Å²) in [4.78, 5) is 0. The van der Waals surface area contributed by atoms with Gasteiger partial charge in [0.25, 0.3) is 0 Å². The fourth-order valence-electron chi connectivity index (χ4n) is 0.896. The molecular weight excluding hydrogens is 346 g/mol. The Morgan fingerprint density at radius 1 is 0.714 bits per heavy atom. The zero-order chi connectivity index (χ0) is 9.07. The summed E-state index contributed by atoms with van der Waals surface area (Å²) in [6, 6.07) is 0. The molecule has 2 heteroatoms. The average molecular weight is 364 g/mol. The number of rotatable bonds is 6. The van der Waals surface area contributed by atoms with E-state index in [2.05, 4.69) is 26.0 Å². The van der Waals surface area contributed by atoms with Gasteiger partial charge in [0.1, 0.15) is 0 Å². The molecule has 0 rings (SSSR count). The van der Waals surface area contributed by atoms with Crippen LogP contribution in [0.4, 0.5) is 0 Å². The van der Waals surface area contributed by atoms with E-state index < -0.39 is 0 Å². The second kappa shape index (κ2) is 18.9. The normalized spacial score (nSPS) is 10.6. The van der Waals surface area contributed by atoms with Crippen LogP contribution in [0.5, 0.6) is 0 Å². The van der Waals surface area contributed by atoms with Gasteiger partial charge in [-0.1, -0.05) is 12.8 Å². The molecule has 0 aromatic heterocycles. The Balaban J connectivity index is -0.000000605. The van der Waals surface area contributed by atoms with Crippen LogP contribution in [0, 0.1) is 13.8 Å². The summed E-state index contributed by atoms with van der Waals surface area (Å²) in [5.41, 5.74) is 0. The molecule has 0 N–H and O–H groups in total. The van der Waals surface area contributed by atoms with E-state index >= 15 is 0 Å². The van der Waals surface area contributed by atoms with Crippen LogP contribution >= 0.6 is 0 Å². The number of allylic oxidation sites excluding steroid dienone is 6. The molecule has 0 aromatic rings. The minimum absolute atomic E-state index is 0. The Morgan fingerprint density at radius 3 is 1.79 bits per heavy atom. The minimum Gasteiger partial charge on any atom is -0.245 e. The van der Waals surface area contributed by atoms with E-state index in [1.54, 1.807) is 6.08 Å². The second-order valence-electron chi connectivity index (χ2n) is 2.61. The third-order valence-corrected chi connectivity index (χ3v) is 1.54.